The molecule has 0 bridgehead atoms. The quantitative estimate of drug-likeness (QED) is 0.112. The lowest BCUT2D eigenvalue weighted by Gasteiger charge is -2.11. The molecule has 0 aliphatic rings. The van der Waals surface area contributed by atoms with Crippen LogP contribution < -0.4 is 0 Å². The minimum atomic E-state index is 0.608. The van der Waals surface area contributed by atoms with E-state index in [-0.39, 0.29) is 0 Å². The van der Waals surface area contributed by atoms with Gasteiger partial charge in [-0.15, -0.1) is 0 Å². The van der Waals surface area contributed by atoms with Crippen molar-refractivity contribution in [2.24, 2.45) is 0 Å². The fourth-order valence-electron chi connectivity index (χ4n) is 16.9. The van der Waals surface area contributed by atoms with Gasteiger partial charge >= 0.3 is 0 Å². The average Bonchev–Trinajstić information content (AvgIpc) is 1.57. The number of fused-ring (bicyclic) bond motifs is 12. The zero-order chi connectivity index (χ0) is 78.0. The molecular weight excluding hydrogens is 1440 g/mol. The molecule has 0 saturated heterocycles. The summed E-state index contributed by atoms with van der Waals surface area (Å²) in [7, 11) is 0. The van der Waals surface area contributed by atoms with Crippen LogP contribution in [0.1, 0.15) is 0 Å². The summed E-state index contributed by atoms with van der Waals surface area (Å²) in [6, 6.07) is 144. The van der Waals surface area contributed by atoms with Crippen molar-refractivity contribution in [3.05, 3.63) is 413 Å². The van der Waals surface area contributed by atoms with Crippen molar-refractivity contribution in [2.45, 2.75) is 0 Å². The van der Waals surface area contributed by atoms with Crippen LogP contribution in [-0.2, 0) is 0 Å². The molecule has 17 aromatic carbocycles. The Kier molecular flexibility index (Phi) is 17.0. The van der Waals surface area contributed by atoms with Crippen molar-refractivity contribution in [1.82, 2.24) is 39.0 Å². The van der Waals surface area contributed by atoms with Gasteiger partial charge in [0.15, 0.2) is 34.9 Å². The maximum atomic E-state index is 6.62. The van der Waals surface area contributed by atoms with E-state index in [0.717, 1.165) is 161 Å². The van der Waals surface area contributed by atoms with Gasteiger partial charge in [0.25, 0.3) is 0 Å². The molecule has 10 nitrogen and oxygen atoms in total. The highest BCUT2D eigenvalue weighted by Gasteiger charge is 2.23. The lowest BCUT2D eigenvalue weighted by Crippen LogP contribution is -2.00. The van der Waals surface area contributed by atoms with Gasteiger partial charge in [-0.2, -0.15) is 0 Å². The molecule has 0 amide bonds. The number of hydrogen-bond acceptors (Lipinski definition) is 8. The molecule has 0 aliphatic heterocycles. The maximum Gasteiger partial charge on any atom is 0.164 e. The van der Waals surface area contributed by atoms with Crippen LogP contribution in [-0.4, -0.2) is 39.0 Å². The van der Waals surface area contributed by atoms with E-state index in [4.69, 9.17) is 38.7 Å². The van der Waals surface area contributed by atoms with E-state index >= 15 is 0 Å². The predicted octanol–water partition coefficient (Wildman–Crippen LogP) is 28.1. The van der Waals surface area contributed by atoms with Gasteiger partial charge in [0.2, 0.25) is 0 Å². The molecule has 0 unspecified atom stereocenters. The van der Waals surface area contributed by atoms with E-state index in [1.807, 2.05) is 48.5 Å². The van der Waals surface area contributed by atoms with Crippen molar-refractivity contribution < 1.29 is 8.83 Å². The number of rotatable bonds is 13. The van der Waals surface area contributed by atoms with Gasteiger partial charge in [0.05, 0.1) is 22.1 Å². The Morgan fingerprint density at radius 1 is 0.161 bits per heavy atom. The highest BCUT2D eigenvalue weighted by molar-refractivity contribution is 6.21. The minimum Gasteiger partial charge on any atom is -0.456 e. The lowest BCUT2D eigenvalue weighted by molar-refractivity contribution is 0.669. The summed E-state index contributed by atoms with van der Waals surface area (Å²) in [5.74, 6) is 3.73. The first-order valence-electron chi connectivity index (χ1n) is 39.6. The number of nitrogens with zero attached hydrogens (tertiary/aromatic N) is 8. The Labute approximate surface area is 678 Å². The van der Waals surface area contributed by atoms with E-state index in [9.17, 15) is 0 Å². The summed E-state index contributed by atoms with van der Waals surface area (Å²) in [6.07, 6.45) is 0. The van der Waals surface area contributed by atoms with Gasteiger partial charge in [-0.1, -0.05) is 328 Å². The van der Waals surface area contributed by atoms with E-state index in [1.54, 1.807) is 0 Å². The Bertz CT molecular complexity index is 7740. The van der Waals surface area contributed by atoms with Gasteiger partial charge in [-0.3, -0.25) is 0 Å². The van der Waals surface area contributed by atoms with E-state index in [1.165, 1.54) is 27.2 Å². The number of aromatic nitrogens is 8. The molecule has 6 aromatic heterocycles. The highest BCUT2D eigenvalue weighted by atomic mass is 16.3. The Hall–Kier alpha value is -16.0. The Morgan fingerprint density at radius 3 is 0.814 bits per heavy atom. The smallest absolute Gasteiger partial charge is 0.164 e. The van der Waals surface area contributed by atoms with Crippen LogP contribution in [0.3, 0.4) is 0 Å². The Balaban J connectivity index is 0.000000143. The number of para-hydroxylation sites is 4. The summed E-state index contributed by atoms with van der Waals surface area (Å²) in [5, 5.41) is 9.07. The molecule has 10 heteroatoms. The molecule has 23 rings (SSSR count). The second-order valence-electron chi connectivity index (χ2n) is 29.6. The standard InChI is InChI=1S/C57H36N4O.C51H32N4O/c1-4-14-37(15-5-1)39-26-30-41(31-27-39)55-58-56(60-57(59-55)44-19-12-18-43(34-44)38-16-6-2-7-17-38)42-32-28-40(29-33-42)46-23-13-25-52-54(46)49-35-51-48(36-53(49)62-52)47-22-10-11-24-50(47)61(51)45-20-8-3-9-21-45;1-4-14-33(15-5-1)37-18-12-19-38(30-37)51-53-49(35-16-6-2-7-17-35)52-50(54-51)36-28-26-34(27-29-36)40-23-13-25-46-48(40)43-31-45-42(32-47(43)56-46)41-22-10-11-24-44(41)55(45)39-20-8-3-9-21-39/h1-36H;1-32H. The number of hydrogen-bond donors (Lipinski definition) is 0. The molecule has 23 aromatic rings. The zero-order valence-electron chi connectivity index (χ0n) is 63.7. The molecule has 118 heavy (non-hydrogen) atoms. The first kappa shape index (κ1) is 68.7. The Morgan fingerprint density at radius 2 is 0.432 bits per heavy atom. The second kappa shape index (κ2) is 29.2. The van der Waals surface area contributed by atoms with Gasteiger partial charge in [-0.25, -0.2) is 29.9 Å². The molecule has 0 radical (unpaired) electrons. The predicted molar refractivity (Wildman–Crippen MR) is 483 cm³/mol. The summed E-state index contributed by atoms with van der Waals surface area (Å²) >= 11 is 0. The lowest BCUT2D eigenvalue weighted by atomic mass is 9.98. The molecular formula is C108H68N8O2. The summed E-state index contributed by atoms with van der Waals surface area (Å²) < 4.78 is 17.9. The first-order chi connectivity index (χ1) is 58.5. The van der Waals surface area contributed by atoms with Gasteiger partial charge < -0.3 is 18.0 Å². The molecule has 0 N–H and O–H groups in total. The monoisotopic (exact) mass is 1510 g/mol. The summed E-state index contributed by atoms with van der Waals surface area (Å²) in [5.41, 5.74) is 27.0. The largest absolute Gasteiger partial charge is 0.456 e. The number of benzene rings is 17. The van der Waals surface area contributed by atoms with Crippen molar-refractivity contribution in [2.75, 3.05) is 0 Å². The molecule has 552 valence electrons. The zero-order valence-corrected chi connectivity index (χ0v) is 63.7. The van der Waals surface area contributed by atoms with Crippen molar-refractivity contribution in [3.63, 3.8) is 0 Å². The molecule has 0 atom stereocenters. The van der Waals surface area contributed by atoms with Crippen molar-refractivity contribution in [1.29, 1.82) is 0 Å². The normalized spacial score (nSPS) is 11.6. The fourth-order valence-corrected chi connectivity index (χ4v) is 16.9. The van der Waals surface area contributed by atoms with Crippen LogP contribution in [0.2, 0.25) is 0 Å². The van der Waals surface area contributed by atoms with Gasteiger partial charge in [0, 0.05) is 87.8 Å². The highest BCUT2D eigenvalue weighted by Crippen LogP contribution is 2.45. The van der Waals surface area contributed by atoms with Crippen LogP contribution in [0.5, 0.6) is 0 Å². The fraction of sp³-hybridized carbons (Fsp3) is 0. The molecule has 0 spiro atoms. The van der Waals surface area contributed by atoms with E-state index < -0.39 is 0 Å². The second-order valence-corrected chi connectivity index (χ2v) is 29.6. The minimum absolute atomic E-state index is 0.608. The van der Waals surface area contributed by atoms with Crippen LogP contribution in [0, 0.1) is 0 Å². The third kappa shape index (κ3) is 12.5. The summed E-state index contributed by atoms with van der Waals surface area (Å²) in [6.45, 7) is 0. The molecule has 6 heterocycles. The van der Waals surface area contributed by atoms with Crippen molar-refractivity contribution >= 4 is 87.5 Å². The third-order valence-electron chi connectivity index (χ3n) is 22.5. The topological polar surface area (TPSA) is 113 Å². The number of furan rings is 2. The third-order valence-corrected chi connectivity index (χ3v) is 22.5. The summed E-state index contributed by atoms with van der Waals surface area (Å²) in [4.78, 5) is 30.4. The van der Waals surface area contributed by atoms with Crippen molar-refractivity contribution in [3.8, 4) is 135 Å². The van der Waals surface area contributed by atoms with Crippen LogP contribution >= 0.6 is 0 Å². The maximum absolute atomic E-state index is 6.62. The molecule has 0 saturated carbocycles. The van der Waals surface area contributed by atoms with E-state index in [2.05, 4.69) is 373 Å². The van der Waals surface area contributed by atoms with Crippen LogP contribution in [0.15, 0.2) is 421 Å². The average molecular weight is 1510 g/mol. The SMILES string of the molecule is c1ccc(-c2ccc(-c3nc(-c4ccc(-c5cccc6oc7cc8c9ccccc9n(-c9ccccc9)c8cc7c56)cc4)nc(-c4cccc(-c5ccccc5)c4)n3)cc2)cc1.c1ccc(-c2cccc(-c3nc(-c4ccccc4)nc(-c4ccc(-c5cccc6oc7cc8c9ccccc9n(-c9ccccc9)c8cc7c56)cc4)n3)c2)cc1. The first-order valence-corrected chi connectivity index (χ1v) is 39.6. The molecule has 0 aliphatic carbocycles. The molecule has 0 fully saturated rings. The van der Waals surface area contributed by atoms with Gasteiger partial charge in [-0.05, 0) is 141 Å². The van der Waals surface area contributed by atoms with Crippen LogP contribution in [0.4, 0.5) is 0 Å². The van der Waals surface area contributed by atoms with Crippen LogP contribution in [0.25, 0.3) is 223 Å². The van der Waals surface area contributed by atoms with Gasteiger partial charge in [0.1, 0.15) is 22.3 Å². The van der Waals surface area contributed by atoms with E-state index in [0.29, 0.717) is 34.9 Å².